The first kappa shape index (κ1) is 15.9. The Morgan fingerprint density at radius 2 is 2.00 bits per heavy atom. The molecule has 1 aliphatic rings. The van der Waals surface area contributed by atoms with E-state index in [2.05, 4.69) is 5.32 Å². The van der Waals surface area contributed by atoms with Gasteiger partial charge in [-0.15, -0.1) is 11.3 Å². The molecular weight excluding hydrogens is 316 g/mol. The number of piperidine rings is 1. The van der Waals surface area contributed by atoms with Crippen molar-refractivity contribution in [3.8, 4) is 0 Å². The maximum Gasteiger partial charge on any atom is 0.347 e. The van der Waals surface area contributed by atoms with Crippen LogP contribution in [0.15, 0.2) is 16.3 Å². The highest BCUT2D eigenvalue weighted by atomic mass is 32.2. The molecule has 1 aromatic rings. The summed E-state index contributed by atoms with van der Waals surface area (Å²) in [5, 5.41) is 13.0. The van der Waals surface area contributed by atoms with Crippen molar-refractivity contribution in [3.63, 3.8) is 0 Å². The average molecular weight is 332 g/mol. The molecule has 0 spiro atoms. The van der Waals surface area contributed by atoms with E-state index < -0.39 is 16.0 Å². The van der Waals surface area contributed by atoms with Crippen molar-refractivity contribution >= 4 is 33.2 Å². The molecule has 2 rings (SSSR count). The molecule has 0 saturated carbocycles. The maximum absolute atomic E-state index is 12.5. The van der Waals surface area contributed by atoms with Gasteiger partial charge in [0, 0.05) is 26.1 Å². The zero-order valence-electron chi connectivity index (χ0n) is 11.4. The molecule has 0 bridgehead atoms. The van der Waals surface area contributed by atoms with Gasteiger partial charge in [-0.1, -0.05) is 0 Å². The van der Waals surface area contributed by atoms with Gasteiger partial charge in [-0.3, -0.25) is 4.79 Å². The number of carboxylic acids is 1. The number of nitrogens with zero attached hydrogens (tertiary/aromatic N) is 1. The summed E-state index contributed by atoms with van der Waals surface area (Å²) in [6.45, 7) is 0.435. The Morgan fingerprint density at radius 1 is 1.38 bits per heavy atom. The van der Waals surface area contributed by atoms with Crippen LogP contribution in [0.2, 0.25) is 0 Å². The lowest BCUT2D eigenvalue weighted by atomic mass is 9.97. The minimum Gasteiger partial charge on any atom is -0.477 e. The van der Waals surface area contributed by atoms with E-state index in [1.807, 2.05) is 0 Å². The van der Waals surface area contributed by atoms with Gasteiger partial charge in [0.15, 0.2) is 0 Å². The van der Waals surface area contributed by atoms with Gasteiger partial charge < -0.3 is 10.4 Å². The first-order valence-electron chi connectivity index (χ1n) is 6.40. The van der Waals surface area contributed by atoms with E-state index in [1.54, 1.807) is 7.05 Å². The zero-order chi connectivity index (χ0) is 15.6. The van der Waals surface area contributed by atoms with Crippen molar-refractivity contribution in [2.45, 2.75) is 17.7 Å². The van der Waals surface area contributed by atoms with Crippen molar-refractivity contribution in [1.29, 1.82) is 0 Å². The Balaban J connectivity index is 2.17. The highest BCUT2D eigenvalue weighted by Crippen LogP contribution is 2.28. The van der Waals surface area contributed by atoms with Crippen LogP contribution < -0.4 is 5.32 Å². The van der Waals surface area contributed by atoms with Gasteiger partial charge in [-0.2, -0.15) is 4.31 Å². The van der Waals surface area contributed by atoms with E-state index in [0.29, 0.717) is 12.8 Å². The highest BCUT2D eigenvalue weighted by Gasteiger charge is 2.34. The molecule has 0 unspecified atom stereocenters. The third-order valence-electron chi connectivity index (χ3n) is 3.51. The molecule has 0 radical (unpaired) electrons. The molecule has 9 heteroatoms. The molecule has 2 heterocycles. The zero-order valence-corrected chi connectivity index (χ0v) is 13.0. The molecule has 2 N–H and O–H groups in total. The van der Waals surface area contributed by atoms with Gasteiger partial charge in [0.25, 0.3) is 0 Å². The van der Waals surface area contributed by atoms with Crippen LogP contribution >= 0.6 is 11.3 Å². The van der Waals surface area contributed by atoms with Gasteiger partial charge in [0.2, 0.25) is 15.9 Å². The largest absolute Gasteiger partial charge is 0.477 e. The number of carbonyl (C=O) groups is 2. The number of nitrogens with one attached hydrogen (secondary N) is 1. The minimum absolute atomic E-state index is 0.0891. The van der Waals surface area contributed by atoms with Crippen LogP contribution in [0.3, 0.4) is 0 Å². The summed E-state index contributed by atoms with van der Waals surface area (Å²) in [7, 11) is -2.27. The Bertz CT molecular complexity index is 644. The van der Waals surface area contributed by atoms with Crippen LogP contribution in [0.5, 0.6) is 0 Å². The van der Waals surface area contributed by atoms with E-state index in [4.69, 9.17) is 5.11 Å². The average Bonchev–Trinajstić information content (AvgIpc) is 2.97. The van der Waals surface area contributed by atoms with Crippen molar-refractivity contribution in [2.24, 2.45) is 5.92 Å². The summed E-state index contributed by atoms with van der Waals surface area (Å²) < 4.78 is 26.2. The number of rotatable bonds is 4. The molecule has 0 atom stereocenters. The minimum atomic E-state index is -3.82. The predicted molar refractivity (Wildman–Crippen MR) is 76.8 cm³/mol. The SMILES string of the molecule is CNC(=O)C1CCN(S(=O)(=O)c2ccsc2C(=O)O)CC1. The number of hydrogen-bond acceptors (Lipinski definition) is 5. The van der Waals surface area contributed by atoms with E-state index in [-0.39, 0.29) is 34.7 Å². The summed E-state index contributed by atoms with van der Waals surface area (Å²) in [6.07, 6.45) is 0.872. The highest BCUT2D eigenvalue weighted by molar-refractivity contribution is 7.89. The molecule has 21 heavy (non-hydrogen) atoms. The van der Waals surface area contributed by atoms with Crippen LogP contribution in [0.4, 0.5) is 0 Å². The lowest BCUT2D eigenvalue weighted by Gasteiger charge is -2.30. The van der Waals surface area contributed by atoms with Gasteiger partial charge in [0.1, 0.15) is 9.77 Å². The standard InChI is InChI=1S/C12H16N2O5S2/c1-13-11(15)8-2-5-14(6-3-8)21(18,19)9-4-7-20-10(9)12(16)17/h4,7-8H,2-3,5-6H2,1H3,(H,13,15)(H,16,17). The predicted octanol–water partition coefficient (Wildman–Crippen LogP) is 0.593. The first-order valence-corrected chi connectivity index (χ1v) is 8.72. The van der Waals surface area contributed by atoms with Crippen molar-refractivity contribution in [1.82, 2.24) is 9.62 Å². The molecule has 7 nitrogen and oxygen atoms in total. The third kappa shape index (κ3) is 3.09. The van der Waals surface area contributed by atoms with Crippen LogP contribution in [-0.2, 0) is 14.8 Å². The molecule has 1 fully saturated rings. The number of sulfonamides is 1. The van der Waals surface area contributed by atoms with Gasteiger partial charge in [0.05, 0.1) is 0 Å². The fourth-order valence-electron chi connectivity index (χ4n) is 2.36. The molecule has 1 amide bonds. The molecular formula is C12H16N2O5S2. The Morgan fingerprint density at radius 3 is 2.52 bits per heavy atom. The van der Waals surface area contributed by atoms with Crippen molar-refractivity contribution in [3.05, 3.63) is 16.3 Å². The second-order valence-electron chi connectivity index (χ2n) is 4.71. The Kier molecular flexibility index (Phi) is 4.64. The fourth-order valence-corrected chi connectivity index (χ4v) is 5.06. The monoisotopic (exact) mass is 332 g/mol. The van der Waals surface area contributed by atoms with Crippen LogP contribution in [-0.4, -0.2) is 49.8 Å². The van der Waals surface area contributed by atoms with Crippen molar-refractivity contribution in [2.75, 3.05) is 20.1 Å². The molecule has 1 saturated heterocycles. The Labute approximate surface area is 126 Å². The summed E-state index contributed by atoms with van der Waals surface area (Å²) in [5.74, 6) is -1.53. The second kappa shape index (κ2) is 6.12. The van der Waals surface area contributed by atoms with Crippen LogP contribution in [0.1, 0.15) is 22.5 Å². The van der Waals surface area contributed by atoms with E-state index >= 15 is 0 Å². The Hall–Kier alpha value is -1.45. The maximum atomic E-state index is 12.5. The second-order valence-corrected chi connectivity index (χ2v) is 7.53. The number of thiophene rings is 1. The lowest BCUT2D eigenvalue weighted by molar-refractivity contribution is -0.125. The number of amides is 1. The van der Waals surface area contributed by atoms with E-state index in [9.17, 15) is 18.0 Å². The summed E-state index contributed by atoms with van der Waals surface area (Å²) >= 11 is 0.888. The fraction of sp³-hybridized carbons (Fsp3) is 0.500. The number of carboxylic acid groups (broad SMARTS) is 1. The molecule has 1 aromatic heterocycles. The molecule has 1 aliphatic heterocycles. The molecule has 0 aliphatic carbocycles. The number of carbonyl (C=O) groups excluding carboxylic acids is 1. The third-order valence-corrected chi connectivity index (χ3v) is 6.48. The van der Waals surface area contributed by atoms with Gasteiger partial charge >= 0.3 is 5.97 Å². The van der Waals surface area contributed by atoms with E-state index in [1.165, 1.54) is 15.8 Å². The smallest absolute Gasteiger partial charge is 0.347 e. The quantitative estimate of drug-likeness (QED) is 0.840. The topological polar surface area (TPSA) is 104 Å². The van der Waals surface area contributed by atoms with Crippen LogP contribution in [0, 0.1) is 5.92 Å². The number of aromatic carboxylic acids is 1. The van der Waals surface area contributed by atoms with Crippen LogP contribution in [0.25, 0.3) is 0 Å². The summed E-state index contributed by atoms with van der Waals surface area (Å²) in [6, 6.07) is 1.31. The summed E-state index contributed by atoms with van der Waals surface area (Å²) in [5.41, 5.74) is 0. The first-order chi connectivity index (χ1) is 9.87. The lowest BCUT2D eigenvalue weighted by Crippen LogP contribution is -2.42. The van der Waals surface area contributed by atoms with Crippen molar-refractivity contribution < 1.29 is 23.1 Å². The van der Waals surface area contributed by atoms with Gasteiger partial charge in [-0.25, -0.2) is 13.2 Å². The normalized spacial score (nSPS) is 17.6. The van der Waals surface area contributed by atoms with E-state index in [0.717, 1.165) is 11.3 Å². The molecule has 116 valence electrons. The number of hydrogen-bond donors (Lipinski definition) is 2. The van der Waals surface area contributed by atoms with Gasteiger partial charge in [-0.05, 0) is 24.3 Å². The summed E-state index contributed by atoms with van der Waals surface area (Å²) in [4.78, 5) is 22.3. The molecule has 0 aromatic carbocycles.